The lowest BCUT2D eigenvalue weighted by Crippen LogP contribution is -2.19. The van der Waals surface area contributed by atoms with Gasteiger partial charge < -0.3 is 5.21 Å². The van der Waals surface area contributed by atoms with E-state index in [1.165, 1.54) is 23.1 Å². The van der Waals surface area contributed by atoms with E-state index < -0.39 is 10.0 Å². The number of benzene rings is 1. The summed E-state index contributed by atoms with van der Waals surface area (Å²) >= 11 is 5.70. The zero-order valence-corrected chi connectivity index (χ0v) is 8.35. The molecule has 6 heteroatoms. The molecular weight excluding hydrogens is 214 g/mol. The number of aryl methyl sites for hydroxylation is 1. The minimum atomic E-state index is -3.79. The predicted molar refractivity (Wildman–Crippen MR) is 48.3 cm³/mol. The molecule has 1 rings (SSSR count). The Morgan fingerprint density at radius 3 is 2.54 bits per heavy atom. The first-order valence-corrected chi connectivity index (χ1v) is 5.25. The average Bonchev–Trinajstić information content (AvgIpc) is 2.09. The molecule has 0 spiro atoms. The summed E-state index contributed by atoms with van der Waals surface area (Å²) in [6.45, 7) is 1.68. The number of hydrogen-bond acceptors (Lipinski definition) is 3. The third-order valence-electron chi connectivity index (χ3n) is 1.56. The summed E-state index contributed by atoms with van der Waals surface area (Å²) in [4.78, 5) is 1.22. The van der Waals surface area contributed by atoms with Gasteiger partial charge in [0.05, 0.1) is 4.90 Å². The summed E-state index contributed by atoms with van der Waals surface area (Å²) in [6, 6.07) is 4.15. The van der Waals surface area contributed by atoms with Crippen molar-refractivity contribution < 1.29 is 13.6 Å². The number of rotatable bonds is 2. The summed E-state index contributed by atoms with van der Waals surface area (Å²) < 4.78 is 22.1. The Hall–Kier alpha value is -0.620. The largest absolute Gasteiger partial charge is 0.302 e. The molecule has 0 aliphatic carbocycles. The minimum Gasteiger partial charge on any atom is -0.302 e. The van der Waals surface area contributed by atoms with Gasteiger partial charge in [0.1, 0.15) is 0 Å². The highest BCUT2D eigenvalue weighted by Gasteiger charge is 2.12. The van der Waals surface area contributed by atoms with E-state index in [1.54, 1.807) is 6.92 Å². The number of nitrogens with one attached hydrogen (secondary N) is 1. The van der Waals surface area contributed by atoms with E-state index in [9.17, 15) is 8.42 Å². The molecular formula is C7H8ClNO3S. The van der Waals surface area contributed by atoms with Gasteiger partial charge in [0, 0.05) is 5.02 Å². The highest BCUT2D eigenvalue weighted by molar-refractivity contribution is 7.89. The van der Waals surface area contributed by atoms with Gasteiger partial charge >= 0.3 is 0 Å². The summed E-state index contributed by atoms with van der Waals surface area (Å²) in [7, 11) is -3.79. The van der Waals surface area contributed by atoms with Crippen LogP contribution in [-0.2, 0) is 10.0 Å². The van der Waals surface area contributed by atoms with Gasteiger partial charge in [0.15, 0.2) is 0 Å². The standard InChI is InChI=1S/C7H8ClNO3S/c1-5-4-6(2-3-7(5)8)13(11,12)9-10/h2-4,9-10H,1H3. The van der Waals surface area contributed by atoms with Crippen LogP contribution in [0.4, 0.5) is 0 Å². The van der Waals surface area contributed by atoms with Crippen molar-refractivity contribution in [2.24, 2.45) is 0 Å². The lowest BCUT2D eigenvalue weighted by Gasteiger charge is -2.03. The Morgan fingerprint density at radius 1 is 1.46 bits per heavy atom. The first-order chi connectivity index (χ1) is 5.97. The van der Waals surface area contributed by atoms with E-state index in [2.05, 4.69) is 0 Å². The molecule has 0 atom stereocenters. The van der Waals surface area contributed by atoms with Gasteiger partial charge in [-0.25, -0.2) is 8.42 Å². The van der Waals surface area contributed by atoms with E-state index in [0.29, 0.717) is 10.6 Å². The van der Waals surface area contributed by atoms with Crippen molar-refractivity contribution in [1.82, 2.24) is 4.89 Å². The maximum atomic E-state index is 11.1. The molecule has 0 saturated heterocycles. The smallest absolute Gasteiger partial charge is 0.262 e. The fourth-order valence-electron chi connectivity index (χ4n) is 0.837. The molecule has 0 fully saturated rings. The maximum absolute atomic E-state index is 11.1. The van der Waals surface area contributed by atoms with E-state index >= 15 is 0 Å². The van der Waals surface area contributed by atoms with E-state index in [-0.39, 0.29) is 4.90 Å². The zero-order chi connectivity index (χ0) is 10.1. The zero-order valence-electron chi connectivity index (χ0n) is 6.78. The van der Waals surface area contributed by atoms with Crippen molar-refractivity contribution >= 4 is 21.6 Å². The lowest BCUT2D eigenvalue weighted by molar-refractivity contribution is 0.242. The second kappa shape index (κ2) is 3.63. The Morgan fingerprint density at radius 2 is 2.08 bits per heavy atom. The molecule has 1 aromatic rings. The van der Waals surface area contributed by atoms with Crippen LogP contribution in [0, 0.1) is 6.92 Å². The molecule has 0 amide bonds. The Labute approximate surface area is 81.2 Å². The molecule has 72 valence electrons. The SMILES string of the molecule is Cc1cc(S(=O)(=O)NO)ccc1Cl. The van der Waals surface area contributed by atoms with Crippen molar-refractivity contribution in [1.29, 1.82) is 0 Å². The molecule has 1 aromatic carbocycles. The van der Waals surface area contributed by atoms with Gasteiger partial charge in [-0.3, -0.25) is 0 Å². The normalized spacial score (nSPS) is 11.6. The molecule has 0 aromatic heterocycles. The predicted octanol–water partition coefficient (Wildman–Crippen LogP) is 1.32. The Kier molecular flexibility index (Phi) is 2.92. The first kappa shape index (κ1) is 10.5. The van der Waals surface area contributed by atoms with E-state index in [4.69, 9.17) is 16.8 Å². The van der Waals surface area contributed by atoms with Crippen molar-refractivity contribution in [3.8, 4) is 0 Å². The summed E-state index contributed by atoms with van der Waals surface area (Å²) in [5, 5.41) is 8.82. The van der Waals surface area contributed by atoms with Gasteiger partial charge in [-0.05, 0) is 30.7 Å². The van der Waals surface area contributed by atoms with Gasteiger partial charge in [-0.15, -0.1) is 0 Å². The Balaban J connectivity index is 3.27. The van der Waals surface area contributed by atoms with Crippen LogP contribution < -0.4 is 4.89 Å². The van der Waals surface area contributed by atoms with E-state index in [0.717, 1.165) is 0 Å². The topological polar surface area (TPSA) is 66.4 Å². The quantitative estimate of drug-likeness (QED) is 0.741. The van der Waals surface area contributed by atoms with Crippen LogP contribution in [0.5, 0.6) is 0 Å². The van der Waals surface area contributed by atoms with Crippen LogP contribution in [0.3, 0.4) is 0 Å². The molecule has 0 bridgehead atoms. The third kappa shape index (κ3) is 2.19. The van der Waals surface area contributed by atoms with Crippen molar-refractivity contribution in [2.75, 3.05) is 0 Å². The number of sulfonamides is 1. The molecule has 4 nitrogen and oxygen atoms in total. The van der Waals surface area contributed by atoms with Crippen LogP contribution >= 0.6 is 11.6 Å². The molecule has 0 radical (unpaired) electrons. The summed E-state index contributed by atoms with van der Waals surface area (Å²) in [5.41, 5.74) is 0.637. The van der Waals surface area contributed by atoms with Crippen LogP contribution in [0.15, 0.2) is 23.1 Å². The van der Waals surface area contributed by atoms with Gasteiger partial charge in [0.25, 0.3) is 10.0 Å². The second-order valence-electron chi connectivity index (χ2n) is 2.51. The second-order valence-corrected chi connectivity index (χ2v) is 4.57. The molecule has 0 unspecified atom stereocenters. The first-order valence-electron chi connectivity index (χ1n) is 3.39. The van der Waals surface area contributed by atoms with Crippen LogP contribution in [0.2, 0.25) is 5.02 Å². The van der Waals surface area contributed by atoms with Gasteiger partial charge in [-0.2, -0.15) is 0 Å². The van der Waals surface area contributed by atoms with Crippen LogP contribution in [0.1, 0.15) is 5.56 Å². The highest BCUT2D eigenvalue weighted by Crippen LogP contribution is 2.18. The third-order valence-corrected chi connectivity index (χ3v) is 3.10. The van der Waals surface area contributed by atoms with Crippen molar-refractivity contribution in [3.05, 3.63) is 28.8 Å². The Bertz CT molecular complexity index is 416. The van der Waals surface area contributed by atoms with Crippen molar-refractivity contribution in [2.45, 2.75) is 11.8 Å². The van der Waals surface area contributed by atoms with Gasteiger partial charge in [-0.1, -0.05) is 16.5 Å². The fraction of sp³-hybridized carbons (Fsp3) is 0.143. The molecule has 0 aliphatic rings. The fourth-order valence-corrected chi connectivity index (χ4v) is 1.64. The maximum Gasteiger partial charge on any atom is 0.262 e. The monoisotopic (exact) mass is 221 g/mol. The summed E-state index contributed by atoms with van der Waals surface area (Å²) in [6.07, 6.45) is 0. The molecule has 13 heavy (non-hydrogen) atoms. The van der Waals surface area contributed by atoms with Crippen LogP contribution in [-0.4, -0.2) is 13.6 Å². The average molecular weight is 222 g/mol. The lowest BCUT2D eigenvalue weighted by atomic mass is 10.2. The molecule has 0 aliphatic heterocycles. The molecule has 0 saturated carbocycles. The van der Waals surface area contributed by atoms with Crippen molar-refractivity contribution in [3.63, 3.8) is 0 Å². The highest BCUT2D eigenvalue weighted by atomic mass is 35.5. The summed E-state index contributed by atoms with van der Waals surface area (Å²) in [5.74, 6) is 0. The van der Waals surface area contributed by atoms with Crippen LogP contribution in [0.25, 0.3) is 0 Å². The number of halogens is 1. The molecule has 0 heterocycles. The minimum absolute atomic E-state index is 0.0168. The number of hydrogen-bond donors (Lipinski definition) is 2. The van der Waals surface area contributed by atoms with Gasteiger partial charge in [0.2, 0.25) is 0 Å². The van der Waals surface area contributed by atoms with E-state index in [1.807, 2.05) is 0 Å². The molecule has 2 N–H and O–H groups in total.